The van der Waals surface area contributed by atoms with Gasteiger partial charge in [0.1, 0.15) is 0 Å². The largest absolute Gasteiger partial charge is 0.481 e. The highest BCUT2D eigenvalue weighted by Crippen LogP contribution is 1.44. The molecule has 0 fully saturated rings. The molecule has 0 atom stereocenters. The summed E-state index contributed by atoms with van der Waals surface area (Å²) < 4.78 is 0. The van der Waals surface area contributed by atoms with Gasteiger partial charge in [-0.3, -0.25) is 38.3 Å². The zero-order valence-electron chi connectivity index (χ0n) is 16.9. The van der Waals surface area contributed by atoms with E-state index in [0.29, 0.717) is 0 Å². The molecular formula is C14H29FO14. The van der Waals surface area contributed by atoms with E-state index in [0.717, 1.165) is 48.5 Å². The van der Waals surface area contributed by atoms with Crippen LogP contribution in [-0.4, -0.2) is 77.5 Å². The summed E-state index contributed by atoms with van der Waals surface area (Å²) in [4.78, 5) is 63.0. The van der Waals surface area contributed by atoms with Gasteiger partial charge in [-0.15, -0.1) is 0 Å². The van der Waals surface area contributed by atoms with E-state index >= 15 is 0 Å². The van der Waals surface area contributed by atoms with Crippen LogP contribution in [0, 0.1) is 0 Å². The Morgan fingerprint density at radius 1 is 0.310 bits per heavy atom. The van der Waals surface area contributed by atoms with E-state index in [1.807, 2.05) is 0 Å². The molecule has 0 aliphatic carbocycles. The molecule has 0 aromatic heterocycles. The van der Waals surface area contributed by atoms with Crippen LogP contribution in [0.3, 0.4) is 0 Å². The Labute approximate surface area is 165 Å². The van der Waals surface area contributed by atoms with E-state index in [-0.39, 0.29) is 4.70 Å². The standard InChI is InChI=1S/7C2H4O2.FH/c7*1-2(3)4;/h7*1H3,(H,3,4);1H. The first-order valence-corrected chi connectivity index (χ1v) is 6.49. The molecule has 0 aliphatic rings. The average molecular weight is 440 g/mol. The van der Waals surface area contributed by atoms with Crippen LogP contribution >= 0.6 is 0 Å². The lowest BCUT2D eigenvalue weighted by Crippen LogP contribution is -1.78. The Morgan fingerprint density at radius 3 is 0.310 bits per heavy atom. The maximum atomic E-state index is 9.00. The molecule has 0 unspecified atom stereocenters. The molecule has 0 rings (SSSR count). The Balaban J connectivity index is -0.0000000294. The molecular weight excluding hydrogens is 411 g/mol. The number of halogens is 1. The lowest BCUT2D eigenvalue weighted by molar-refractivity contribution is -0.135. The number of hydrogen-bond donors (Lipinski definition) is 7. The van der Waals surface area contributed by atoms with Gasteiger partial charge in [0.25, 0.3) is 41.8 Å². The van der Waals surface area contributed by atoms with Crippen LogP contribution in [0.15, 0.2) is 0 Å². The van der Waals surface area contributed by atoms with Crippen molar-refractivity contribution in [3.8, 4) is 0 Å². The van der Waals surface area contributed by atoms with Crippen LogP contribution in [0.1, 0.15) is 48.5 Å². The fraction of sp³-hybridized carbons (Fsp3) is 0.500. The number of carboxylic acids is 7. The maximum absolute atomic E-state index is 9.00. The quantitative estimate of drug-likeness (QED) is 0.274. The molecule has 0 aromatic carbocycles. The monoisotopic (exact) mass is 440 g/mol. The molecule has 176 valence electrons. The van der Waals surface area contributed by atoms with Crippen molar-refractivity contribution >= 4 is 41.8 Å². The highest BCUT2D eigenvalue weighted by molar-refractivity contribution is 5.64. The van der Waals surface area contributed by atoms with E-state index in [1.165, 1.54) is 0 Å². The van der Waals surface area contributed by atoms with Crippen molar-refractivity contribution in [2.45, 2.75) is 48.5 Å². The second-order valence-corrected chi connectivity index (χ2v) is 3.63. The Bertz CT molecular complexity index is 313. The van der Waals surface area contributed by atoms with E-state index < -0.39 is 41.8 Å². The van der Waals surface area contributed by atoms with Crippen molar-refractivity contribution in [1.82, 2.24) is 0 Å². The van der Waals surface area contributed by atoms with Crippen LogP contribution in [0.25, 0.3) is 0 Å². The van der Waals surface area contributed by atoms with Gasteiger partial charge in [-0.05, 0) is 0 Å². The van der Waals surface area contributed by atoms with Gasteiger partial charge in [0.15, 0.2) is 0 Å². The van der Waals surface area contributed by atoms with Crippen molar-refractivity contribution < 1.29 is 74.0 Å². The van der Waals surface area contributed by atoms with Gasteiger partial charge in [-0.2, -0.15) is 0 Å². The summed E-state index contributed by atoms with van der Waals surface area (Å²) in [6, 6.07) is 0. The molecule has 7 N–H and O–H groups in total. The van der Waals surface area contributed by atoms with Crippen molar-refractivity contribution in [1.29, 1.82) is 0 Å². The summed E-state index contributed by atoms with van der Waals surface area (Å²) in [7, 11) is 0. The van der Waals surface area contributed by atoms with Crippen molar-refractivity contribution in [3.63, 3.8) is 0 Å². The van der Waals surface area contributed by atoms with Crippen LogP contribution in [0.2, 0.25) is 0 Å². The molecule has 0 bridgehead atoms. The molecule has 0 aromatic rings. The summed E-state index contributed by atoms with van der Waals surface area (Å²) in [6.45, 7) is 7.58. The number of rotatable bonds is 0. The zero-order chi connectivity index (χ0) is 25.0. The maximum Gasteiger partial charge on any atom is 0.300 e. The van der Waals surface area contributed by atoms with Crippen LogP contribution in [0.5, 0.6) is 0 Å². The van der Waals surface area contributed by atoms with Crippen LogP contribution in [-0.2, 0) is 33.6 Å². The molecule has 0 saturated carbocycles. The normalized spacial score (nSPS) is 6.03. The Hall–Kier alpha value is -3.78. The van der Waals surface area contributed by atoms with Gasteiger partial charge in [-0.1, -0.05) is 0 Å². The summed E-state index contributed by atoms with van der Waals surface area (Å²) in [5, 5.41) is 51.9. The smallest absolute Gasteiger partial charge is 0.300 e. The number of aliphatic carboxylic acids is 7. The van der Waals surface area contributed by atoms with Gasteiger partial charge in [0.2, 0.25) is 0 Å². The first-order valence-electron chi connectivity index (χ1n) is 6.49. The van der Waals surface area contributed by atoms with Crippen LogP contribution < -0.4 is 0 Å². The number of carbonyl (C=O) groups is 7. The number of hydrogen-bond acceptors (Lipinski definition) is 7. The third-order valence-corrected chi connectivity index (χ3v) is 0. The fourth-order valence-corrected chi connectivity index (χ4v) is 0. The lowest BCUT2D eigenvalue weighted by atomic mass is 10.9. The predicted molar refractivity (Wildman–Crippen MR) is 95.7 cm³/mol. The van der Waals surface area contributed by atoms with E-state index in [4.69, 9.17) is 69.3 Å². The Kier molecular flexibility index (Phi) is 75.8. The SMILES string of the molecule is CC(=O)O.CC(=O)O.CC(=O)O.CC(=O)O.CC(=O)O.CC(=O)O.CC(=O)O.F. The Morgan fingerprint density at radius 2 is 0.310 bits per heavy atom. The lowest BCUT2D eigenvalue weighted by Gasteiger charge is -1.59. The van der Waals surface area contributed by atoms with Crippen LogP contribution in [0.4, 0.5) is 4.70 Å². The van der Waals surface area contributed by atoms with Gasteiger partial charge in [-0.25, -0.2) is 0 Å². The molecule has 29 heavy (non-hydrogen) atoms. The summed E-state index contributed by atoms with van der Waals surface area (Å²) in [6.07, 6.45) is 0. The first kappa shape index (κ1) is 49.9. The van der Waals surface area contributed by atoms with Gasteiger partial charge in [0.05, 0.1) is 0 Å². The minimum absolute atomic E-state index is 0. The van der Waals surface area contributed by atoms with Gasteiger partial charge in [0, 0.05) is 48.5 Å². The van der Waals surface area contributed by atoms with E-state index in [1.54, 1.807) is 0 Å². The third kappa shape index (κ3) is 837. The molecule has 0 heterocycles. The summed E-state index contributed by atoms with van der Waals surface area (Å²) >= 11 is 0. The fourth-order valence-electron chi connectivity index (χ4n) is 0. The van der Waals surface area contributed by atoms with Crippen molar-refractivity contribution in [3.05, 3.63) is 0 Å². The average Bonchev–Trinajstić information content (AvgIpc) is 2.20. The summed E-state index contributed by atoms with van der Waals surface area (Å²) in [5.74, 6) is -5.83. The predicted octanol–water partition coefficient (Wildman–Crippen LogP) is 0.789. The molecule has 0 spiro atoms. The second kappa shape index (κ2) is 44.0. The zero-order valence-corrected chi connectivity index (χ0v) is 16.9. The third-order valence-electron chi connectivity index (χ3n) is 0. The van der Waals surface area contributed by atoms with E-state index in [9.17, 15) is 0 Å². The van der Waals surface area contributed by atoms with Gasteiger partial charge >= 0.3 is 0 Å². The molecule has 0 saturated heterocycles. The van der Waals surface area contributed by atoms with E-state index in [2.05, 4.69) is 0 Å². The summed E-state index contributed by atoms with van der Waals surface area (Å²) in [5.41, 5.74) is 0. The minimum atomic E-state index is -0.833. The minimum Gasteiger partial charge on any atom is -0.481 e. The second-order valence-electron chi connectivity index (χ2n) is 3.63. The highest BCUT2D eigenvalue weighted by Gasteiger charge is 1.67. The van der Waals surface area contributed by atoms with Crippen molar-refractivity contribution in [2.75, 3.05) is 0 Å². The molecule has 0 radical (unpaired) electrons. The van der Waals surface area contributed by atoms with Gasteiger partial charge < -0.3 is 35.7 Å². The topological polar surface area (TPSA) is 261 Å². The molecule has 15 heteroatoms. The number of carboxylic acid groups (broad SMARTS) is 7. The highest BCUT2D eigenvalue weighted by atomic mass is 19.0. The first-order chi connectivity index (χ1) is 12.1. The van der Waals surface area contributed by atoms with Crippen molar-refractivity contribution in [2.24, 2.45) is 0 Å². The molecule has 0 amide bonds. The molecule has 14 nitrogen and oxygen atoms in total. The molecule has 0 aliphatic heterocycles.